The Morgan fingerprint density at radius 2 is 2.36 bits per heavy atom. The van der Waals surface area contributed by atoms with Gasteiger partial charge in [-0.25, -0.2) is 0 Å². The molecule has 4 nitrogen and oxygen atoms in total. The van der Waals surface area contributed by atoms with Gasteiger partial charge in [0.05, 0.1) is 19.1 Å². The average Bonchev–Trinajstić information content (AvgIpc) is 2.75. The topological polar surface area (TPSA) is 47.6 Å². The maximum atomic E-state index is 11.7. The lowest BCUT2D eigenvalue weighted by Gasteiger charge is -2.16. The molecule has 1 unspecified atom stereocenters. The highest BCUT2D eigenvalue weighted by Gasteiger charge is 2.33. The summed E-state index contributed by atoms with van der Waals surface area (Å²) in [4.78, 5) is 11.7. The normalized spacial score (nSPS) is 37.4. The van der Waals surface area contributed by atoms with Gasteiger partial charge in [0.1, 0.15) is 6.10 Å². The Hall–Kier alpha value is -0.610. The fourth-order valence-corrected chi connectivity index (χ4v) is 1.98. The van der Waals surface area contributed by atoms with Crippen molar-refractivity contribution in [1.82, 2.24) is 5.32 Å². The van der Waals surface area contributed by atoms with Crippen LogP contribution in [0.5, 0.6) is 0 Å². The van der Waals surface area contributed by atoms with Gasteiger partial charge < -0.3 is 14.8 Å². The molecule has 0 saturated carbocycles. The summed E-state index contributed by atoms with van der Waals surface area (Å²) >= 11 is 0. The van der Waals surface area contributed by atoms with Crippen LogP contribution in [0.25, 0.3) is 0 Å². The predicted octanol–water partition coefficient (Wildman–Crippen LogP) is 0.174. The molecule has 3 atom stereocenters. The number of carbonyl (C=O) groups is 1. The number of hydrogen-bond donors (Lipinski definition) is 1. The molecule has 0 aliphatic carbocycles. The highest BCUT2D eigenvalue weighted by atomic mass is 16.6. The van der Waals surface area contributed by atoms with Crippen LogP contribution >= 0.6 is 0 Å². The summed E-state index contributed by atoms with van der Waals surface area (Å²) in [5, 5.41) is 3.20. The minimum atomic E-state index is -0.0574. The molecule has 1 N–H and O–H groups in total. The standard InChI is InChI=1S/C10H17NO3/c1-7-4-11-5-9(7)10(12)14-8-2-3-13-6-8/h7-9,11H,2-6H2,1H3/t7-,8?,9-/m1/s1. The third kappa shape index (κ3) is 2.07. The third-order valence-corrected chi connectivity index (χ3v) is 2.99. The van der Waals surface area contributed by atoms with Gasteiger partial charge in [-0.05, 0) is 12.5 Å². The van der Waals surface area contributed by atoms with Crippen LogP contribution in [0.3, 0.4) is 0 Å². The molecule has 0 aromatic carbocycles. The summed E-state index contributed by atoms with van der Waals surface area (Å²) in [5.74, 6) is 0.374. The van der Waals surface area contributed by atoms with E-state index < -0.39 is 0 Å². The summed E-state index contributed by atoms with van der Waals surface area (Å²) in [5.41, 5.74) is 0. The molecule has 2 heterocycles. The van der Waals surface area contributed by atoms with E-state index in [1.807, 2.05) is 0 Å². The number of esters is 1. The number of nitrogens with one attached hydrogen (secondary N) is 1. The summed E-state index contributed by atoms with van der Waals surface area (Å²) in [6.45, 7) is 5.04. The van der Waals surface area contributed by atoms with Crippen LogP contribution in [0.2, 0.25) is 0 Å². The van der Waals surface area contributed by atoms with Gasteiger partial charge in [-0.1, -0.05) is 6.92 Å². The predicted molar refractivity (Wildman–Crippen MR) is 50.8 cm³/mol. The van der Waals surface area contributed by atoms with Crippen LogP contribution in [-0.4, -0.2) is 38.4 Å². The second-order valence-corrected chi connectivity index (χ2v) is 4.16. The second-order valence-electron chi connectivity index (χ2n) is 4.16. The van der Waals surface area contributed by atoms with Gasteiger partial charge in [-0.15, -0.1) is 0 Å². The van der Waals surface area contributed by atoms with E-state index >= 15 is 0 Å². The number of hydrogen-bond acceptors (Lipinski definition) is 4. The Morgan fingerprint density at radius 1 is 1.50 bits per heavy atom. The number of ether oxygens (including phenoxy) is 2. The summed E-state index contributed by atoms with van der Waals surface area (Å²) < 4.78 is 10.5. The molecule has 0 bridgehead atoms. The molecule has 14 heavy (non-hydrogen) atoms. The molecule has 0 aromatic rings. The molecule has 2 aliphatic rings. The first kappa shape index (κ1) is 9.93. The van der Waals surface area contributed by atoms with E-state index in [1.165, 1.54) is 0 Å². The van der Waals surface area contributed by atoms with Crippen molar-refractivity contribution in [2.75, 3.05) is 26.3 Å². The van der Waals surface area contributed by atoms with Gasteiger partial charge in [0, 0.05) is 13.0 Å². The molecule has 0 amide bonds. The van der Waals surface area contributed by atoms with Gasteiger partial charge in [0.15, 0.2) is 0 Å². The number of carbonyl (C=O) groups excluding carboxylic acids is 1. The van der Waals surface area contributed by atoms with Gasteiger partial charge >= 0.3 is 5.97 Å². The van der Waals surface area contributed by atoms with E-state index in [2.05, 4.69) is 12.2 Å². The van der Waals surface area contributed by atoms with Crippen molar-refractivity contribution in [3.63, 3.8) is 0 Å². The Kier molecular flexibility index (Phi) is 3.03. The van der Waals surface area contributed by atoms with Crippen molar-refractivity contribution in [1.29, 1.82) is 0 Å². The quantitative estimate of drug-likeness (QED) is 0.644. The van der Waals surface area contributed by atoms with E-state index in [-0.39, 0.29) is 18.0 Å². The van der Waals surface area contributed by atoms with E-state index in [4.69, 9.17) is 9.47 Å². The van der Waals surface area contributed by atoms with Crippen LogP contribution in [-0.2, 0) is 14.3 Å². The molecule has 0 radical (unpaired) electrons. The maximum Gasteiger partial charge on any atom is 0.310 e. The molecule has 0 spiro atoms. The molecule has 2 aliphatic heterocycles. The van der Waals surface area contributed by atoms with E-state index in [0.29, 0.717) is 12.5 Å². The average molecular weight is 199 g/mol. The minimum absolute atomic E-state index is 0.00435. The summed E-state index contributed by atoms with van der Waals surface area (Å²) in [6.07, 6.45) is 0.843. The largest absolute Gasteiger partial charge is 0.460 e. The van der Waals surface area contributed by atoms with Crippen molar-refractivity contribution in [3.05, 3.63) is 0 Å². The lowest BCUT2D eigenvalue weighted by Crippen LogP contribution is -2.28. The zero-order valence-corrected chi connectivity index (χ0v) is 8.49. The first-order valence-corrected chi connectivity index (χ1v) is 5.26. The van der Waals surface area contributed by atoms with Crippen LogP contribution in [0.15, 0.2) is 0 Å². The fraction of sp³-hybridized carbons (Fsp3) is 0.900. The molecule has 0 aromatic heterocycles. The van der Waals surface area contributed by atoms with Crippen LogP contribution in [0, 0.1) is 11.8 Å². The van der Waals surface area contributed by atoms with Crippen LogP contribution in [0.4, 0.5) is 0 Å². The highest BCUT2D eigenvalue weighted by Crippen LogP contribution is 2.19. The number of rotatable bonds is 2. The lowest BCUT2D eigenvalue weighted by atomic mass is 9.98. The fourth-order valence-electron chi connectivity index (χ4n) is 1.98. The first-order chi connectivity index (χ1) is 6.77. The smallest absolute Gasteiger partial charge is 0.310 e. The molecular weight excluding hydrogens is 182 g/mol. The van der Waals surface area contributed by atoms with Crippen molar-refractivity contribution in [2.45, 2.75) is 19.4 Å². The molecule has 4 heteroatoms. The maximum absolute atomic E-state index is 11.7. The van der Waals surface area contributed by atoms with E-state index in [1.54, 1.807) is 0 Å². The Labute approximate surface area is 84.0 Å². The van der Waals surface area contributed by atoms with Crippen molar-refractivity contribution < 1.29 is 14.3 Å². The lowest BCUT2D eigenvalue weighted by molar-refractivity contribution is -0.154. The Morgan fingerprint density at radius 3 is 2.93 bits per heavy atom. The third-order valence-electron chi connectivity index (χ3n) is 2.99. The minimum Gasteiger partial charge on any atom is -0.460 e. The zero-order chi connectivity index (χ0) is 9.97. The monoisotopic (exact) mass is 199 g/mol. The first-order valence-electron chi connectivity index (χ1n) is 5.26. The molecule has 2 rings (SSSR count). The van der Waals surface area contributed by atoms with Gasteiger partial charge in [-0.3, -0.25) is 4.79 Å². The van der Waals surface area contributed by atoms with Crippen molar-refractivity contribution in [2.24, 2.45) is 11.8 Å². The molecule has 2 fully saturated rings. The molecule has 80 valence electrons. The van der Waals surface area contributed by atoms with Gasteiger partial charge in [0.25, 0.3) is 0 Å². The van der Waals surface area contributed by atoms with Crippen LogP contribution in [0.1, 0.15) is 13.3 Å². The highest BCUT2D eigenvalue weighted by molar-refractivity contribution is 5.73. The van der Waals surface area contributed by atoms with E-state index in [0.717, 1.165) is 26.1 Å². The zero-order valence-electron chi connectivity index (χ0n) is 8.49. The summed E-state index contributed by atoms with van der Waals surface area (Å²) in [7, 11) is 0. The second kappa shape index (κ2) is 4.28. The SMILES string of the molecule is C[C@@H]1CNC[C@H]1C(=O)OC1CCOC1. The van der Waals surface area contributed by atoms with Gasteiger partial charge in [0.2, 0.25) is 0 Å². The van der Waals surface area contributed by atoms with E-state index in [9.17, 15) is 4.79 Å². The van der Waals surface area contributed by atoms with Crippen LogP contribution < -0.4 is 5.32 Å². The molecular formula is C10H17NO3. The Bertz CT molecular complexity index is 213. The molecule has 2 saturated heterocycles. The van der Waals surface area contributed by atoms with Crippen molar-refractivity contribution >= 4 is 5.97 Å². The van der Waals surface area contributed by atoms with Gasteiger partial charge in [-0.2, -0.15) is 0 Å². The Balaban J connectivity index is 1.82. The summed E-state index contributed by atoms with van der Waals surface area (Å²) in [6, 6.07) is 0. The van der Waals surface area contributed by atoms with Crippen molar-refractivity contribution in [3.8, 4) is 0 Å².